The van der Waals surface area contributed by atoms with E-state index in [1.54, 1.807) is 31.3 Å². The molecule has 0 aliphatic carbocycles. The van der Waals surface area contributed by atoms with Gasteiger partial charge >= 0.3 is 11.7 Å². The van der Waals surface area contributed by atoms with Crippen LogP contribution in [0.25, 0.3) is 11.2 Å². The molecule has 0 aliphatic rings. The molecule has 0 bridgehead atoms. The van der Waals surface area contributed by atoms with Crippen molar-refractivity contribution < 1.29 is 14.2 Å². The summed E-state index contributed by atoms with van der Waals surface area (Å²) in [5.74, 6) is -0.437. The van der Waals surface area contributed by atoms with Gasteiger partial charge in [-0.2, -0.15) is 10.1 Å². The Kier molecular flexibility index (Phi) is 5.02. The number of amides is 1. The Bertz CT molecular complexity index is 1490. The third-order valence-electron chi connectivity index (χ3n) is 4.61. The molecule has 0 unspecified atom stereocenters. The number of hydrazone groups is 1. The van der Waals surface area contributed by atoms with Crippen molar-refractivity contribution in [2.75, 3.05) is 5.73 Å². The molecule has 1 amide bonds. The number of ether oxygens (including phenoxy) is 1. The Morgan fingerprint density at radius 2 is 1.97 bits per heavy atom. The Balaban J connectivity index is 1.57. The zero-order valence-electron chi connectivity index (χ0n) is 17.1. The van der Waals surface area contributed by atoms with Crippen molar-refractivity contribution >= 4 is 29.1 Å². The number of benzene rings is 1. The van der Waals surface area contributed by atoms with Crippen LogP contribution in [-0.2, 0) is 21.1 Å². The Morgan fingerprint density at radius 3 is 2.69 bits per heavy atom. The van der Waals surface area contributed by atoms with Crippen molar-refractivity contribution in [2.24, 2.45) is 26.2 Å². The zero-order valence-corrected chi connectivity index (χ0v) is 17.1. The van der Waals surface area contributed by atoms with Gasteiger partial charge in [0.05, 0.1) is 6.21 Å². The number of carbonyl (C=O) groups excluding carboxylic acids is 1. The van der Waals surface area contributed by atoms with E-state index < -0.39 is 17.2 Å². The van der Waals surface area contributed by atoms with Gasteiger partial charge in [-0.15, -0.1) is 0 Å². The largest absolute Gasteiger partial charge is 0.425 e. The van der Waals surface area contributed by atoms with E-state index in [2.05, 4.69) is 30.5 Å². The molecule has 0 fully saturated rings. The van der Waals surface area contributed by atoms with Gasteiger partial charge in [0.1, 0.15) is 5.75 Å². The summed E-state index contributed by atoms with van der Waals surface area (Å²) in [6.45, 7) is 0. The molecule has 1 aromatic carbocycles. The standard InChI is InChI=1S/C18H17N9O5/c1-25-12-14(26(2)18(30)27(3)16(12)29)21-17(25)31-10-6-4-5-9(7-10)8-20-22-15(28)11-13(19)24-32-23-11/h4-8H,1-3H3,(H2,19,24)(H,22,28)/b20-8-. The number of nitrogens with one attached hydrogen (secondary N) is 1. The van der Waals surface area contributed by atoms with Crippen molar-refractivity contribution in [2.45, 2.75) is 0 Å². The van der Waals surface area contributed by atoms with Gasteiger partial charge < -0.3 is 10.5 Å². The highest BCUT2D eigenvalue weighted by Crippen LogP contribution is 2.23. The first-order chi connectivity index (χ1) is 15.3. The fourth-order valence-corrected chi connectivity index (χ4v) is 2.92. The number of anilines is 1. The van der Waals surface area contributed by atoms with Gasteiger partial charge in [-0.25, -0.2) is 14.8 Å². The van der Waals surface area contributed by atoms with E-state index in [1.807, 2.05) is 0 Å². The summed E-state index contributed by atoms with van der Waals surface area (Å²) < 4.78 is 13.9. The summed E-state index contributed by atoms with van der Waals surface area (Å²) in [6.07, 6.45) is 1.38. The number of hydrogen-bond acceptors (Lipinski definition) is 10. The van der Waals surface area contributed by atoms with Crippen LogP contribution >= 0.6 is 0 Å². The van der Waals surface area contributed by atoms with E-state index in [1.165, 1.54) is 29.4 Å². The van der Waals surface area contributed by atoms with Crippen LogP contribution in [-0.4, -0.2) is 41.1 Å². The van der Waals surface area contributed by atoms with Crippen LogP contribution in [0.3, 0.4) is 0 Å². The SMILES string of the molecule is Cn1c(=O)c2c(nc(Oc3cccc(/C=N\NC(=O)c4nonc4N)c3)n2C)n(C)c1=O. The molecule has 0 aliphatic heterocycles. The third-order valence-corrected chi connectivity index (χ3v) is 4.61. The third kappa shape index (κ3) is 3.49. The summed E-state index contributed by atoms with van der Waals surface area (Å²) in [5, 5.41) is 10.5. The second kappa shape index (κ2) is 7.82. The van der Waals surface area contributed by atoms with Crippen molar-refractivity contribution in [3.63, 3.8) is 0 Å². The molecule has 4 rings (SSSR count). The number of nitrogen functional groups attached to an aromatic ring is 1. The number of carbonyl (C=O) groups is 1. The molecule has 0 spiro atoms. The number of fused-ring (bicyclic) bond motifs is 1. The molecule has 0 radical (unpaired) electrons. The van der Waals surface area contributed by atoms with E-state index in [9.17, 15) is 14.4 Å². The Hall–Kier alpha value is -4.75. The molecule has 3 N–H and O–H groups in total. The first kappa shape index (κ1) is 20.5. The van der Waals surface area contributed by atoms with Gasteiger partial charge in [0.2, 0.25) is 11.5 Å². The van der Waals surface area contributed by atoms with E-state index in [4.69, 9.17) is 10.5 Å². The van der Waals surface area contributed by atoms with Gasteiger partial charge in [0.25, 0.3) is 11.5 Å². The van der Waals surface area contributed by atoms with Gasteiger partial charge in [-0.1, -0.05) is 12.1 Å². The van der Waals surface area contributed by atoms with E-state index >= 15 is 0 Å². The quantitative estimate of drug-likeness (QED) is 0.306. The van der Waals surface area contributed by atoms with Crippen molar-refractivity contribution in [1.82, 2.24) is 34.4 Å². The fourth-order valence-electron chi connectivity index (χ4n) is 2.92. The summed E-state index contributed by atoms with van der Waals surface area (Å²) in [4.78, 5) is 40.8. The fraction of sp³-hybridized carbons (Fsp3) is 0.167. The minimum absolute atomic E-state index is 0.120. The van der Waals surface area contributed by atoms with Crippen LogP contribution in [0.1, 0.15) is 16.1 Å². The minimum Gasteiger partial charge on any atom is -0.425 e. The summed E-state index contributed by atoms with van der Waals surface area (Å²) >= 11 is 0. The first-order valence-corrected chi connectivity index (χ1v) is 9.09. The van der Waals surface area contributed by atoms with Gasteiger partial charge in [-0.3, -0.25) is 23.3 Å². The average molecular weight is 439 g/mol. The molecular formula is C18H17N9O5. The molecule has 14 nitrogen and oxygen atoms in total. The van der Waals surface area contributed by atoms with Crippen LogP contribution in [0.4, 0.5) is 5.82 Å². The molecule has 0 saturated heterocycles. The van der Waals surface area contributed by atoms with Crippen LogP contribution in [0, 0.1) is 0 Å². The Morgan fingerprint density at radius 1 is 1.19 bits per heavy atom. The number of imidazole rings is 1. The van der Waals surface area contributed by atoms with Gasteiger partial charge in [0.15, 0.2) is 11.2 Å². The summed E-state index contributed by atoms with van der Waals surface area (Å²) in [6, 6.07) is 6.86. The monoisotopic (exact) mass is 439 g/mol. The second-order valence-corrected chi connectivity index (χ2v) is 6.70. The highest BCUT2D eigenvalue weighted by Gasteiger charge is 2.18. The van der Waals surface area contributed by atoms with Crippen LogP contribution in [0.15, 0.2) is 43.6 Å². The van der Waals surface area contributed by atoms with E-state index in [-0.39, 0.29) is 28.7 Å². The number of hydrogen-bond donors (Lipinski definition) is 2. The second-order valence-electron chi connectivity index (χ2n) is 6.70. The predicted octanol–water partition coefficient (Wildman–Crippen LogP) is -0.508. The van der Waals surface area contributed by atoms with Crippen molar-refractivity contribution in [3.8, 4) is 11.8 Å². The number of aryl methyl sites for hydroxylation is 2. The number of aromatic nitrogens is 6. The van der Waals surface area contributed by atoms with Crippen LogP contribution in [0.2, 0.25) is 0 Å². The zero-order chi connectivity index (χ0) is 23.0. The lowest BCUT2D eigenvalue weighted by molar-refractivity contribution is 0.0946. The summed E-state index contributed by atoms with van der Waals surface area (Å²) in [7, 11) is 4.53. The predicted molar refractivity (Wildman–Crippen MR) is 111 cm³/mol. The van der Waals surface area contributed by atoms with Crippen molar-refractivity contribution in [1.29, 1.82) is 0 Å². The molecule has 0 atom stereocenters. The van der Waals surface area contributed by atoms with E-state index in [0.717, 1.165) is 4.57 Å². The molecular weight excluding hydrogens is 422 g/mol. The lowest BCUT2D eigenvalue weighted by Gasteiger charge is -2.05. The minimum atomic E-state index is -0.681. The maximum atomic E-state index is 12.5. The highest BCUT2D eigenvalue weighted by atomic mass is 16.6. The normalized spacial score (nSPS) is 11.3. The maximum absolute atomic E-state index is 12.5. The number of nitrogens with zero attached hydrogens (tertiary/aromatic N) is 7. The maximum Gasteiger partial charge on any atom is 0.332 e. The molecule has 3 heterocycles. The number of rotatable bonds is 5. The van der Waals surface area contributed by atoms with E-state index in [0.29, 0.717) is 11.3 Å². The first-order valence-electron chi connectivity index (χ1n) is 9.09. The van der Waals surface area contributed by atoms with Crippen molar-refractivity contribution in [3.05, 3.63) is 56.4 Å². The summed E-state index contributed by atoms with van der Waals surface area (Å²) in [5.41, 5.74) is 7.58. The molecule has 164 valence electrons. The van der Waals surface area contributed by atoms with Crippen LogP contribution < -0.4 is 27.1 Å². The molecule has 0 saturated carbocycles. The molecule has 14 heteroatoms. The lowest BCUT2D eigenvalue weighted by atomic mass is 10.2. The lowest BCUT2D eigenvalue weighted by Crippen LogP contribution is -2.37. The Labute approximate surface area is 178 Å². The molecule has 3 aromatic heterocycles. The smallest absolute Gasteiger partial charge is 0.332 e. The number of nitrogens with two attached hydrogens (primary N) is 1. The molecule has 32 heavy (non-hydrogen) atoms. The average Bonchev–Trinajstić information content (AvgIpc) is 3.34. The van der Waals surface area contributed by atoms with Crippen LogP contribution in [0.5, 0.6) is 11.8 Å². The van der Waals surface area contributed by atoms with Gasteiger partial charge in [0, 0.05) is 21.1 Å². The van der Waals surface area contributed by atoms with Gasteiger partial charge in [-0.05, 0) is 28.0 Å². The highest BCUT2D eigenvalue weighted by molar-refractivity contribution is 5.96. The molecule has 4 aromatic rings. The topological polar surface area (TPSA) is 177 Å².